The van der Waals surface area contributed by atoms with Gasteiger partial charge in [-0.1, -0.05) is 54.6 Å². The molecule has 19 heavy (non-hydrogen) atoms. The lowest BCUT2D eigenvalue weighted by atomic mass is 9.94. The topological polar surface area (TPSA) is 23.5 Å². The lowest BCUT2D eigenvalue weighted by molar-refractivity contribution is 0.0996. The van der Waals surface area contributed by atoms with Crippen molar-refractivity contribution in [3.63, 3.8) is 0 Å². The van der Waals surface area contributed by atoms with Crippen molar-refractivity contribution in [2.24, 2.45) is 0 Å². The van der Waals surface area contributed by atoms with Gasteiger partial charge in [0, 0.05) is 19.1 Å². The fraction of sp³-hybridized carbons (Fsp3) is 0.294. The van der Waals surface area contributed by atoms with Gasteiger partial charge in [0.2, 0.25) is 0 Å². The van der Waals surface area contributed by atoms with Crippen LogP contribution in [0.2, 0.25) is 0 Å². The lowest BCUT2D eigenvalue weighted by Gasteiger charge is -2.36. The zero-order valence-corrected chi connectivity index (χ0v) is 11.0. The zero-order valence-electron chi connectivity index (χ0n) is 11.0. The summed E-state index contributed by atoms with van der Waals surface area (Å²) in [6.07, 6.45) is 0.944. The Bertz CT molecular complexity index is 538. The second kappa shape index (κ2) is 5.55. The third-order valence-electron chi connectivity index (χ3n) is 3.90. The summed E-state index contributed by atoms with van der Waals surface area (Å²) in [7, 11) is 0. The van der Waals surface area contributed by atoms with Crippen molar-refractivity contribution >= 4 is 0 Å². The summed E-state index contributed by atoms with van der Waals surface area (Å²) in [5.41, 5.74) is 4.08. The molecule has 0 saturated heterocycles. The normalized spacial score (nSPS) is 19.1. The molecule has 1 aliphatic heterocycles. The molecule has 1 heterocycles. The van der Waals surface area contributed by atoms with Gasteiger partial charge >= 0.3 is 0 Å². The molecule has 0 amide bonds. The van der Waals surface area contributed by atoms with Gasteiger partial charge in [-0.05, 0) is 23.1 Å². The fourth-order valence-electron chi connectivity index (χ4n) is 2.82. The molecule has 3 rings (SSSR count). The molecule has 1 N–H and O–H groups in total. The summed E-state index contributed by atoms with van der Waals surface area (Å²) in [4.78, 5) is 2.37. The Morgan fingerprint density at radius 2 is 1.63 bits per heavy atom. The van der Waals surface area contributed by atoms with Crippen LogP contribution in [-0.4, -0.2) is 22.7 Å². The first kappa shape index (κ1) is 12.4. The van der Waals surface area contributed by atoms with Crippen LogP contribution in [0.1, 0.15) is 16.7 Å². The van der Waals surface area contributed by atoms with E-state index >= 15 is 0 Å². The molecular formula is C17H19NO. The van der Waals surface area contributed by atoms with Crippen molar-refractivity contribution in [3.05, 3.63) is 71.3 Å². The van der Waals surface area contributed by atoms with Crippen LogP contribution in [-0.2, 0) is 19.5 Å². The van der Waals surface area contributed by atoms with E-state index in [0.29, 0.717) is 0 Å². The molecule has 1 atom stereocenters. The molecule has 0 fully saturated rings. The molecule has 1 aliphatic rings. The van der Waals surface area contributed by atoms with Crippen molar-refractivity contribution in [1.82, 2.24) is 4.90 Å². The van der Waals surface area contributed by atoms with E-state index < -0.39 is 0 Å². The Morgan fingerprint density at radius 3 is 2.37 bits per heavy atom. The molecule has 0 bridgehead atoms. The molecule has 98 valence electrons. The van der Waals surface area contributed by atoms with Crippen molar-refractivity contribution in [2.45, 2.75) is 25.6 Å². The lowest BCUT2D eigenvalue weighted by Crippen LogP contribution is -2.42. The molecule has 2 aromatic rings. The number of hydrogen-bond acceptors (Lipinski definition) is 2. The van der Waals surface area contributed by atoms with Crippen molar-refractivity contribution < 1.29 is 5.11 Å². The number of nitrogens with zero attached hydrogens (tertiary/aromatic N) is 1. The van der Waals surface area contributed by atoms with Gasteiger partial charge in [-0.25, -0.2) is 0 Å². The van der Waals surface area contributed by atoms with Crippen LogP contribution in [0.15, 0.2) is 54.6 Å². The Hall–Kier alpha value is -1.64. The van der Waals surface area contributed by atoms with Crippen LogP contribution in [0, 0.1) is 0 Å². The molecule has 0 spiro atoms. The van der Waals surface area contributed by atoms with Gasteiger partial charge in [0.1, 0.15) is 0 Å². The second-order valence-corrected chi connectivity index (χ2v) is 5.20. The van der Waals surface area contributed by atoms with Crippen molar-refractivity contribution in [2.75, 3.05) is 6.61 Å². The first-order chi connectivity index (χ1) is 9.36. The highest BCUT2D eigenvalue weighted by molar-refractivity contribution is 5.30. The molecule has 0 aliphatic carbocycles. The third kappa shape index (κ3) is 2.70. The molecule has 2 heteroatoms. The Balaban J connectivity index is 1.81. The standard InChI is InChI=1S/C17H19NO/c19-13-17-10-15-8-4-5-9-16(15)12-18(17)11-14-6-2-1-3-7-14/h1-9,17,19H,10-13H2/t17-/m0/s1. The molecule has 2 nitrogen and oxygen atoms in total. The fourth-order valence-corrected chi connectivity index (χ4v) is 2.82. The predicted molar refractivity (Wildman–Crippen MR) is 76.7 cm³/mol. The first-order valence-corrected chi connectivity index (χ1v) is 6.82. The van der Waals surface area contributed by atoms with E-state index in [1.54, 1.807) is 0 Å². The van der Waals surface area contributed by atoms with Gasteiger partial charge in [0.25, 0.3) is 0 Å². The molecule has 2 aromatic carbocycles. The van der Waals surface area contributed by atoms with Crippen molar-refractivity contribution in [1.29, 1.82) is 0 Å². The summed E-state index contributed by atoms with van der Waals surface area (Å²) in [5.74, 6) is 0. The van der Waals surface area contributed by atoms with Crippen LogP contribution >= 0.6 is 0 Å². The molecule has 0 radical (unpaired) electrons. The number of aliphatic hydroxyl groups excluding tert-OH is 1. The smallest absolute Gasteiger partial charge is 0.0590 e. The third-order valence-corrected chi connectivity index (χ3v) is 3.90. The molecule has 0 saturated carbocycles. The Labute approximate surface area is 114 Å². The van der Waals surface area contributed by atoms with E-state index in [1.807, 2.05) is 6.07 Å². The van der Waals surface area contributed by atoms with Crippen LogP contribution in [0.25, 0.3) is 0 Å². The second-order valence-electron chi connectivity index (χ2n) is 5.20. The first-order valence-electron chi connectivity index (χ1n) is 6.82. The van der Waals surface area contributed by atoms with Crippen molar-refractivity contribution in [3.8, 4) is 0 Å². The van der Waals surface area contributed by atoms with Crippen LogP contribution < -0.4 is 0 Å². The minimum atomic E-state index is 0.223. The molecule has 0 aromatic heterocycles. The van der Waals surface area contributed by atoms with E-state index in [0.717, 1.165) is 19.5 Å². The number of benzene rings is 2. The van der Waals surface area contributed by atoms with Gasteiger partial charge in [-0.3, -0.25) is 4.90 Å². The predicted octanol–water partition coefficient (Wildman–Crippen LogP) is 2.61. The summed E-state index contributed by atoms with van der Waals surface area (Å²) in [6, 6.07) is 19.3. The average molecular weight is 253 g/mol. The Kier molecular flexibility index (Phi) is 3.62. The maximum atomic E-state index is 9.62. The van der Waals surface area contributed by atoms with Crippen LogP contribution in [0.5, 0.6) is 0 Å². The van der Waals surface area contributed by atoms with Gasteiger partial charge in [-0.15, -0.1) is 0 Å². The quantitative estimate of drug-likeness (QED) is 0.909. The highest BCUT2D eigenvalue weighted by Gasteiger charge is 2.25. The highest BCUT2D eigenvalue weighted by atomic mass is 16.3. The monoisotopic (exact) mass is 253 g/mol. The number of rotatable bonds is 3. The van der Waals surface area contributed by atoms with E-state index in [4.69, 9.17) is 0 Å². The van der Waals surface area contributed by atoms with E-state index in [2.05, 4.69) is 53.4 Å². The minimum Gasteiger partial charge on any atom is -0.395 e. The zero-order chi connectivity index (χ0) is 13.1. The van der Waals surface area contributed by atoms with Crippen LogP contribution in [0.3, 0.4) is 0 Å². The molecular weight excluding hydrogens is 234 g/mol. The highest BCUT2D eigenvalue weighted by Crippen LogP contribution is 2.24. The van der Waals surface area contributed by atoms with Gasteiger partial charge in [0.05, 0.1) is 6.61 Å². The van der Waals surface area contributed by atoms with Gasteiger partial charge < -0.3 is 5.11 Å². The van der Waals surface area contributed by atoms with E-state index in [9.17, 15) is 5.11 Å². The number of fused-ring (bicyclic) bond motifs is 1. The maximum Gasteiger partial charge on any atom is 0.0590 e. The molecule has 0 unspecified atom stereocenters. The SMILES string of the molecule is OC[C@@H]1Cc2ccccc2CN1Cc1ccccc1. The summed E-state index contributed by atoms with van der Waals surface area (Å²) in [6.45, 7) is 2.05. The summed E-state index contributed by atoms with van der Waals surface area (Å²) >= 11 is 0. The minimum absolute atomic E-state index is 0.223. The van der Waals surface area contributed by atoms with Crippen LogP contribution in [0.4, 0.5) is 0 Å². The van der Waals surface area contributed by atoms with E-state index in [1.165, 1.54) is 16.7 Å². The Morgan fingerprint density at radius 1 is 0.947 bits per heavy atom. The average Bonchev–Trinajstić information content (AvgIpc) is 2.47. The van der Waals surface area contributed by atoms with Gasteiger partial charge in [-0.2, -0.15) is 0 Å². The summed E-state index contributed by atoms with van der Waals surface area (Å²) in [5, 5.41) is 9.62. The summed E-state index contributed by atoms with van der Waals surface area (Å²) < 4.78 is 0. The number of aliphatic hydroxyl groups is 1. The van der Waals surface area contributed by atoms with Gasteiger partial charge in [0.15, 0.2) is 0 Å². The van der Waals surface area contributed by atoms with E-state index in [-0.39, 0.29) is 12.6 Å². The maximum absolute atomic E-state index is 9.62. The largest absolute Gasteiger partial charge is 0.395 e. The number of hydrogen-bond donors (Lipinski definition) is 1.